The number of amides is 1. The Morgan fingerprint density at radius 3 is 2.26 bits per heavy atom. The van der Waals surface area contributed by atoms with E-state index in [-0.39, 0.29) is 35.6 Å². The van der Waals surface area contributed by atoms with Gasteiger partial charge < -0.3 is 9.80 Å². The van der Waals surface area contributed by atoms with Crippen LogP contribution >= 0.6 is 22.7 Å². The van der Waals surface area contributed by atoms with Gasteiger partial charge in [-0.1, -0.05) is 11.3 Å². The Bertz CT molecular complexity index is 1140. The quantitative estimate of drug-likeness (QED) is 0.428. The molecule has 4 rings (SSSR count). The number of halogens is 6. The average molecular weight is 547 g/mol. The highest BCUT2D eigenvalue weighted by Crippen LogP contribution is 2.41. The van der Waals surface area contributed by atoms with Crippen LogP contribution in [0.15, 0.2) is 12.1 Å². The zero-order valence-corrected chi connectivity index (χ0v) is 20.0. The van der Waals surface area contributed by atoms with Crippen LogP contribution in [-0.2, 0) is 26.7 Å². The van der Waals surface area contributed by atoms with Crippen molar-refractivity contribution < 1.29 is 35.3 Å². The second kappa shape index (κ2) is 8.97. The van der Waals surface area contributed by atoms with Crippen molar-refractivity contribution in [1.82, 2.24) is 15.1 Å². The molecule has 1 atom stereocenters. The van der Waals surface area contributed by atoms with Crippen LogP contribution in [-0.4, -0.2) is 62.2 Å². The molecule has 2 fully saturated rings. The Morgan fingerprint density at radius 1 is 1.03 bits per heavy atom. The lowest BCUT2D eigenvalue weighted by atomic mass is 9.98. The van der Waals surface area contributed by atoms with E-state index in [0.717, 1.165) is 6.07 Å². The largest absolute Gasteiger partial charge is 0.445 e. The number of carbonyl (C=O) groups is 1. The predicted octanol–water partition coefficient (Wildman–Crippen LogP) is 4.15. The third kappa shape index (κ3) is 5.35. The fourth-order valence-corrected chi connectivity index (χ4v) is 7.41. The molecule has 2 aromatic rings. The molecule has 2 saturated heterocycles. The summed E-state index contributed by atoms with van der Waals surface area (Å²) in [6.07, 6.45) is -8.46. The molecule has 0 spiro atoms. The Kier molecular flexibility index (Phi) is 6.66. The van der Waals surface area contributed by atoms with Gasteiger partial charge in [0.05, 0.1) is 6.04 Å². The number of piperazine rings is 1. The van der Waals surface area contributed by atoms with Crippen LogP contribution in [0.5, 0.6) is 0 Å². The van der Waals surface area contributed by atoms with Crippen molar-refractivity contribution >= 4 is 49.1 Å². The summed E-state index contributed by atoms with van der Waals surface area (Å²) in [6, 6.07) is 1.44. The molecular formula is C19H20F6N4O2S3. The van der Waals surface area contributed by atoms with Crippen molar-refractivity contribution in [3.05, 3.63) is 26.9 Å². The first-order chi connectivity index (χ1) is 15.7. The molecule has 0 N–H and O–H groups in total. The summed E-state index contributed by atoms with van der Waals surface area (Å²) in [5.41, 5.74) is 0. The lowest BCUT2D eigenvalue weighted by Gasteiger charge is -2.42. The number of hydrogen-bond acceptors (Lipinski definition) is 7. The molecule has 2 aliphatic rings. The summed E-state index contributed by atoms with van der Waals surface area (Å²) < 4.78 is 90.7. The van der Waals surface area contributed by atoms with E-state index < -0.39 is 43.7 Å². The van der Waals surface area contributed by atoms with Gasteiger partial charge >= 0.3 is 12.4 Å². The number of alkyl halides is 6. The molecule has 0 aromatic carbocycles. The maximum absolute atomic E-state index is 13.3. The number of thiophene rings is 1. The van der Waals surface area contributed by atoms with Crippen LogP contribution in [0.1, 0.15) is 33.6 Å². The zero-order chi connectivity index (χ0) is 24.9. The Morgan fingerprint density at radius 2 is 1.71 bits per heavy atom. The summed E-state index contributed by atoms with van der Waals surface area (Å²) in [7, 11) is -2.22. The van der Waals surface area contributed by atoms with Gasteiger partial charge in [-0.3, -0.25) is 9.00 Å². The van der Waals surface area contributed by atoms with Gasteiger partial charge in [0.25, 0.3) is 0 Å². The van der Waals surface area contributed by atoms with Crippen LogP contribution in [0.3, 0.4) is 0 Å². The predicted molar refractivity (Wildman–Crippen MR) is 119 cm³/mol. The van der Waals surface area contributed by atoms with Gasteiger partial charge in [0.15, 0.2) is 0 Å². The molecule has 0 aliphatic carbocycles. The molecule has 0 radical (unpaired) electrons. The molecule has 1 amide bonds. The highest BCUT2D eigenvalue weighted by atomic mass is 32.2. The maximum atomic E-state index is 13.3. The summed E-state index contributed by atoms with van der Waals surface area (Å²) in [6.45, 7) is 0.236. The minimum Gasteiger partial charge on any atom is -0.342 e. The summed E-state index contributed by atoms with van der Waals surface area (Å²) in [5.74, 6) is 3.61. The van der Waals surface area contributed by atoms with Crippen LogP contribution < -0.4 is 4.90 Å². The third-order valence-electron chi connectivity index (χ3n) is 5.85. The first-order valence-electron chi connectivity index (χ1n) is 10.2. The SMILES string of the molecule is C=S1(=O)CCC(C(=O)N2CCN(c3nnc(C(F)(F)F)s3)CC2c2ccc(C(F)(F)F)s2)CC1. The Labute approximate surface area is 199 Å². The van der Waals surface area contributed by atoms with E-state index in [9.17, 15) is 35.3 Å². The van der Waals surface area contributed by atoms with E-state index in [1.807, 2.05) is 0 Å². The lowest BCUT2D eigenvalue weighted by molar-refractivity contribution is -0.139. The number of anilines is 1. The van der Waals surface area contributed by atoms with Crippen LogP contribution in [0.2, 0.25) is 0 Å². The van der Waals surface area contributed by atoms with Gasteiger partial charge in [0.2, 0.25) is 16.0 Å². The highest BCUT2D eigenvalue weighted by molar-refractivity contribution is 8.00. The van der Waals surface area contributed by atoms with Crippen LogP contribution in [0.4, 0.5) is 31.5 Å². The number of hydrogen-bond donors (Lipinski definition) is 0. The number of rotatable bonds is 3. The molecule has 6 nitrogen and oxygen atoms in total. The Hall–Kier alpha value is -1.87. The van der Waals surface area contributed by atoms with Gasteiger partial charge in [0.1, 0.15) is 4.88 Å². The minimum absolute atomic E-state index is 0.00788. The van der Waals surface area contributed by atoms with E-state index in [4.69, 9.17) is 0 Å². The molecule has 1 unspecified atom stereocenters. The summed E-state index contributed by atoms with van der Waals surface area (Å²) in [4.78, 5) is 15.8. The lowest BCUT2D eigenvalue weighted by Crippen LogP contribution is -2.52. The second-order valence-electron chi connectivity index (χ2n) is 8.23. The number of aromatic nitrogens is 2. The van der Waals surface area contributed by atoms with E-state index in [2.05, 4.69) is 16.1 Å². The monoisotopic (exact) mass is 546 g/mol. The highest BCUT2D eigenvalue weighted by Gasteiger charge is 2.41. The number of nitrogens with zero attached hydrogens (tertiary/aromatic N) is 4. The van der Waals surface area contributed by atoms with Crippen LogP contribution in [0, 0.1) is 5.92 Å². The van der Waals surface area contributed by atoms with Gasteiger partial charge in [-0.2, -0.15) is 26.3 Å². The van der Waals surface area contributed by atoms with Crippen molar-refractivity contribution in [1.29, 1.82) is 0 Å². The molecule has 0 saturated carbocycles. The molecule has 2 aliphatic heterocycles. The first-order valence-corrected chi connectivity index (χ1v) is 13.9. The van der Waals surface area contributed by atoms with Crippen LogP contribution in [0.25, 0.3) is 0 Å². The summed E-state index contributed by atoms with van der Waals surface area (Å²) >= 11 is 0.857. The van der Waals surface area contributed by atoms with Crippen molar-refractivity contribution in [3.63, 3.8) is 0 Å². The number of carbonyl (C=O) groups excluding carboxylic acids is 1. The summed E-state index contributed by atoms with van der Waals surface area (Å²) in [5, 5.41) is 5.66. The van der Waals surface area contributed by atoms with E-state index in [1.165, 1.54) is 15.9 Å². The maximum Gasteiger partial charge on any atom is 0.445 e. The normalized spacial score (nSPS) is 26.6. The molecule has 188 valence electrons. The van der Waals surface area contributed by atoms with Crippen molar-refractivity contribution in [2.75, 3.05) is 36.0 Å². The third-order valence-corrected chi connectivity index (χ3v) is 10.1. The Balaban J connectivity index is 1.60. The van der Waals surface area contributed by atoms with Crippen molar-refractivity contribution in [2.45, 2.75) is 31.2 Å². The topological polar surface area (TPSA) is 66.4 Å². The molecular weight excluding hydrogens is 526 g/mol. The smallest absolute Gasteiger partial charge is 0.342 e. The van der Waals surface area contributed by atoms with Gasteiger partial charge in [-0.15, -0.1) is 21.5 Å². The standard InChI is InChI=1S/C19H20F6N4O2S3/c1-34(31)8-4-11(5-9-34)15(30)29-7-6-28(17-27-26-16(33-17)19(23,24)25)10-12(29)13-2-3-14(32-13)18(20,21)22/h2-3,11-12H,1,4-10H2. The fourth-order valence-electron chi connectivity index (χ4n) is 4.05. The van der Waals surface area contributed by atoms with Gasteiger partial charge in [0, 0.05) is 41.9 Å². The van der Waals surface area contributed by atoms with Crippen molar-refractivity contribution in [2.24, 2.45) is 5.92 Å². The molecule has 34 heavy (non-hydrogen) atoms. The van der Waals surface area contributed by atoms with E-state index in [1.54, 1.807) is 0 Å². The minimum atomic E-state index is -4.66. The van der Waals surface area contributed by atoms with Crippen molar-refractivity contribution in [3.8, 4) is 0 Å². The average Bonchev–Trinajstić information content (AvgIpc) is 3.42. The van der Waals surface area contributed by atoms with Gasteiger partial charge in [-0.05, 0) is 40.4 Å². The molecule has 2 aromatic heterocycles. The van der Waals surface area contributed by atoms with E-state index >= 15 is 0 Å². The first kappa shape index (κ1) is 25.2. The molecule has 0 bridgehead atoms. The van der Waals surface area contributed by atoms with Gasteiger partial charge in [-0.25, -0.2) is 0 Å². The van der Waals surface area contributed by atoms with E-state index in [0.29, 0.717) is 47.0 Å². The second-order valence-corrected chi connectivity index (χ2v) is 13.0. The fraction of sp³-hybridized carbons (Fsp3) is 0.579. The molecule has 15 heteroatoms. The zero-order valence-electron chi connectivity index (χ0n) is 17.6. The molecule has 4 heterocycles.